The average molecular weight is 206 g/mol. The lowest BCUT2D eigenvalue weighted by Gasteiger charge is -2.16. The number of hydrogen-bond acceptors (Lipinski definition) is 3. The normalized spacial score (nSPS) is 9.07. The maximum atomic E-state index is 10.6. The smallest absolute Gasteiger partial charge is 0.440 e. The quantitative estimate of drug-likeness (QED) is 0.766. The van der Waals surface area contributed by atoms with Crippen LogP contribution in [0.1, 0.15) is 12.5 Å². The van der Waals surface area contributed by atoms with E-state index in [1.165, 1.54) is 0 Å². The molecule has 15 heavy (non-hydrogen) atoms. The summed E-state index contributed by atoms with van der Waals surface area (Å²) in [7, 11) is 0. The predicted octanol–water partition coefficient (Wildman–Crippen LogP) is 1.85. The van der Waals surface area contributed by atoms with Crippen molar-refractivity contribution in [3.8, 4) is 11.8 Å². The topological polar surface area (TPSA) is 73.6 Å². The molecule has 0 unspecified atom stereocenters. The Balaban J connectivity index is 2.72. The molecule has 0 saturated carbocycles. The molecule has 0 radical (unpaired) electrons. The lowest BCUT2D eigenvalue weighted by atomic mass is 10.2. The Morgan fingerprint density at radius 1 is 1.53 bits per heavy atom. The summed E-state index contributed by atoms with van der Waals surface area (Å²) < 4.78 is 0. The van der Waals surface area contributed by atoms with Crippen molar-refractivity contribution < 1.29 is 14.7 Å². The minimum Gasteiger partial charge on any atom is -0.463 e. The van der Waals surface area contributed by atoms with Gasteiger partial charge in [0.25, 0.3) is 0 Å². The molecule has 1 rings (SSSR count). The third-order valence-corrected chi connectivity index (χ3v) is 1.70. The molecule has 78 valence electrons. The zero-order chi connectivity index (χ0) is 11.3. The molecule has 0 fully saturated rings. The van der Waals surface area contributed by atoms with E-state index in [1.807, 2.05) is 6.07 Å². The maximum absolute atomic E-state index is 10.6. The number of hydroxylamine groups is 2. The predicted molar refractivity (Wildman–Crippen MR) is 52.2 cm³/mol. The zero-order valence-corrected chi connectivity index (χ0v) is 8.17. The number of amides is 1. The summed E-state index contributed by atoms with van der Waals surface area (Å²) in [6.07, 6.45) is -1.15. The third-order valence-electron chi connectivity index (χ3n) is 1.70. The van der Waals surface area contributed by atoms with Crippen LogP contribution in [0.3, 0.4) is 0 Å². The largest absolute Gasteiger partial charge is 0.463 e. The van der Waals surface area contributed by atoms with Crippen LogP contribution in [-0.4, -0.2) is 22.8 Å². The third kappa shape index (κ3) is 2.88. The van der Waals surface area contributed by atoms with Gasteiger partial charge in [-0.05, 0) is 31.2 Å². The van der Waals surface area contributed by atoms with Crippen LogP contribution in [0.25, 0.3) is 0 Å². The van der Waals surface area contributed by atoms with Crippen LogP contribution in [0.15, 0.2) is 24.3 Å². The summed E-state index contributed by atoms with van der Waals surface area (Å²) in [5.41, 5.74) is 0.501. The molecule has 1 aromatic rings. The molecule has 1 amide bonds. The second-order valence-electron chi connectivity index (χ2n) is 2.70. The van der Waals surface area contributed by atoms with Crippen molar-refractivity contribution in [2.24, 2.45) is 0 Å². The maximum Gasteiger partial charge on any atom is 0.440 e. The van der Waals surface area contributed by atoms with Gasteiger partial charge >= 0.3 is 6.09 Å². The van der Waals surface area contributed by atoms with Gasteiger partial charge in [-0.1, -0.05) is 0 Å². The van der Waals surface area contributed by atoms with E-state index in [9.17, 15) is 4.79 Å². The van der Waals surface area contributed by atoms with Gasteiger partial charge in [0.1, 0.15) is 0 Å². The molecule has 0 aliphatic rings. The van der Waals surface area contributed by atoms with Crippen LogP contribution in [0.4, 0.5) is 4.79 Å². The summed E-state index contributed by atoms with van der Waals surface area (Å²) in [5.74, 6) is 0.387. The van der Waals surface area contributed by atoms with Gasteiger partial charge in [-0.2, -0.15) is 5.26 Å². The number of nitrogens with zero attached hydrogens (tertiary/aromatic N) is 2. The van der Waals surface area contributed by atoms with E-state index >= 15 is 0 Å². The van der Waals surface area contributed by atoms with Crippen molar-refractivity contribution in [1.82, 2.24) is 5.06 Å². The summed E-state index contributed by atoms with van der Waals surface area (Å²) in [4.78, 5) is 15.7. The SMILES string of the molecule is CCN(Oc1ccc(C#N)cc1)C(=O)O. The molecule has 0 bridgehead atoms. The van der Waals surface area contributed by atoms with Gasteiger partial charge in [-0.3, -0.25) is 0 Å². The highest BCUT2D eigenvalue weighted by atomic mass is 16.7. The Morgan fingerprint density at radius 2 is 2.13 bits per heavy atom. The van der Waals surface area contributed by atoms with Crippen LogP contribution in [0, 0.1) is 11.3 Å². The lowest BCUT2D eigenvalue weighted by Crippen LogP contribution is -2.32. The van der Waals surface area contributed by atoms with E-state index < -0.39 is 6.09 Å². The van der Waals surface area contributed by atoms with E-state index in [0.717, 1.165) is 5.06 Å². The first kappa shape index (κ1) is 10.9. The Morgan fingerprint density at radius 3 is 2.53 bits per heavy atom. The second-order valence-corrected chi connectivity index (χ2v) is 2.70. The van der Waals surface area contributed by atoms with Gasteiger partial charge in [0, 0.05) is 0 Å². The molecule has 0 saturated heterocycles. The van der Waals surface area contributed by atoms with Gasteiger partial charge in [0.15, 0.2) is 5.75 Å². The van der Waals surface area contributed by atoms with Crippen LogP contribution in [0.2, 0.25) is 0 Å². The fourth-order valence-corrected chi connectivity index (χ4v) is 0.956. The minimum atomic E-state index is -1.15. The first-order valence-corrected chi connectivity index (χ1v) is 4.36. The molecule has 0 spiro atoms. The number of hydrogen-bond donors (Lipinski definition) is 1. The monoisotopic (exact) mass is 206 g/mol. The van der Waals surface area contributed by atoms with Crippen LogP contribution in [0.5, 0.6) is 5.75 Å². The lowest BCUT2D eigenvalue weighted by molar-refractivity contribution is -0.0315. The highest BCUT2D eigenvalue weighted by Crippen LogP contribution is 2.13. The standard InChI is InChI=1S/C10H10N2O3/c1-2-12(10(13)14)15-9-5-3-8(7-11)4-6-9/h3-6H,2H2,1H3,(H,13,14). The molecule has 1 aromatic carbocycles. The fourth-order valence-electron chi connectivity index (χ4n) is 0.956. The highest BCUT2D eigenvalue weighted by molar-refractivity contribution is 5.63. The first-order chi connectivity index (χ1) is 7.17. The van der Waals surface area contributed by atoms with Gasteiger partial charge in [-0.25, -0.2) is 4.79 Å². The van der Waals surface area contributed by atoms with Crippen molar-refractivity contribution in [3.05, 3.63) is 29.8 Å². The highest BCUT2D eigenvalue weighted by Gasteiger charge is 2.10. The summed E-state index contributed by atoms with van der Waals surface area (Å²) in [6.45, 7) is 1.90. The molecule has 5 nitrogen and oxygen atoms in total. The minimum absolute atomic E-state index is 0.231. The molecule has 0 heterocycles. The van der Waals surface area contributed by atoms with Crippen LogP contribution >= 0.6 is 0 Å². The fraction of sp³-hybridized carbons (Fsp3) is 0.200. The number of benzene rings is 1. The van der Waals surface area contributed by atoms with Crippen molar-refractivity contribution in [2.45, 2.75) is 6.92 Å². The zero-order valence-electron chi connectivity index (χ0n) is 8.17. The van der Waals surface area contributed by atoms with E-state index in [4.69, 9.17) is 15.2 Å². The van der Waals surface area contributed by atoms with Gasteiger partial charge in [0.2, 0.25) is 0 Å². The van der Waals surface area contributed by atoms with Crippen LogP contribution in [-0.2, 0) is 0 Å². The summed E-state index contributed by atoms with van der Waals surface area (Å²) in [6, 6.07) is 8.17. The Bertz CT molecular complexity index is 381. The van der Waals surface area contributed by atoms with Gasteiger partial charge in [-0.15, -0.1) is 5.06 Å². The number of carboxylic acid groups (broad SMARTS) is 1. The van der Waals surface area contributed by atoms with Crippen molar-refractivity contribution in [1.29, 1.82) is 5.26 Å². The first-order valence-electron chi connectivity index (χ1n) is 4.36. The molecule has 0 aliphatic carbocycles. The summed E-state index contributed by atoms with van der Waals surface area (Å²) >= 11 is 0. The molecular weight excluding hydrogens is 196 g/mol. The molecule has 1 N–H and O–H groups in total. The average Bonchev–Trinajstić information content (AvgIpc) is 2.26. The van der Waals surface area contributed by atoms with E-state index in [-0.39, 0.29) is 6.54 Å². The Labute approximate surface area is 87.1 Å². The van der Waals surface area contributed by atoms with Crippen molar-refractivity contribution in [2.75, 3.05) is 6.54 Å². The Hall–Kier alpha value is -2.22. The van der Waals surface area contributed by atoms with Gasteiger partial charge < -0.3 is 9.94 Å². The number of nitriles is 1. The molecule has 0 aliphatic heterocycles. The molecular formula is C10H10N2O3. The summed E-state index contributed by atoms with van der Waals surface area (Å²) in [5, 5.41) is 18.0. The van der Waals surface area contributed by atoms with Crippen molar-refractivity contribution >= 4 is 6.09 Å². The van der Waals surface area contributed by atoms with Crippen LogP contribution < -0.4 is 4.84 Å². The van der Waals surface area contributed by atoms with E-state index in [1.54, 1.807) is 31.2 Å². The van der Waals surface area contributed by atoms with Crippen molar-refractivity contribution in [3.63, 3.8) is 0 Å². The molecule has 0 atom stereocenters. The second kappa shape index (κ2) is 4.86. The van der Waals surface area contributed by atoms with E-state index in [2.05, 4.69) is 0 Å². The van der Waals surface area contributed by atoms with Gasteiger partial charge in [0.05, 0.1) is 18.2 Å². The molecule has 5 heteroatoms. The molecule has 0 aromatic heterocycles. The van der Waals surface area contributed by atoms with E-state index in [0.29, 0.717) is 11.3 Å². The number of carbonyl (C=O) groups is 1. The number of rotatable bonds is 3. The Kier molecular flexibility index (Phi) is 3.52.